The van der Waals surface area contributed by atoms with E-state index in [0.29, 0.717) is 0 Å². The molecule has 0 unspecified atom stereocenters. The van der Waals surface area contributed by atoms with Crippen LogP contribution in [0.3, 0.4) is 0 Å². The van der Waals surface area contributed by atoms with E-state index in [-0.39, 0.29) is 5.69 Å². The Kier molecular flexibility index (Phi) is 4.95. The Morgan fingerprint density at radius 3 is 2.57 bits per heavy atom. The summed E-state index contributed by atoms with van der Waals surface area (Å²) in [6.07, 6.45) is 3.20. The molecular formula is C20H25N7O. The molecule has 0 N–H and O–H groups in total. The summed E-state index contributed by atoms with van der Waals surface area (Å²) in [5.41, 5.74) is 2.94. The molecule has 0 bridgehead atoms. The molecule has 1 aromatic carbocycles. The third-order valence-electron chi connectivity index (χ3n) is 5.31. The molecule has 1 saturated heterocycles. The minimum Gasteiger partial charge on any atom is -0.369 e. The van der Waals surface area contributed by atoms with Gasteiger partial charge in [0.05, 0.1) is 5.52 Å². The van der Waals surface area contributed by atoms with Crippen LogP contribution in [0.15, 0.2) is 41.6 Å². The molecule has 3 aromatic rings. The van der Waals surface area contributed by atoms with Gasteiger partial charge in [-0.15, -0.1) is 0 Å². The SMILES string of the molecule is CN(C)c1ncnc2ccc(N3CCN(Cc4ccnc(=O)n4C)CC3)cc12. The van der Waals surface area contributed by atoms with E-state index in [9.17, 15) is 4.79 Å². The van der Waals surface area contributed by atoms with Crippen molar-refractivity contribution in [3.05, 3.63) is 53.0 Å². The molecule has 0 atom stereocenters. The zero-order chi connectivity index (χ0) is 19.7. The molecule has 0 radical (unpaired) electrons. The Labute approximate surface area is 164 Å². The lowest BCUT2D eigenvalue weighted by Crippen LogP contribution is -2.46. The molecule has 8 nitrogen and oxygen atoms in total. The van der Waals surface area contributed by atoms with Gasteiger partial charge in [-0.25, -0.2) is 19.7 Å². The fourth-order valence-electron chi connectivity index (χ4n) is 3.64. The van der Waals surface area contributed by atoms with Gasteiger partial charge in [0, 0.05) is 76.8 Å². The van der Waals surface area contributed by atoms with Crippen molar-refractivity contribution in [2.45, 2.75) is 6.54 Å². The van der Waals surface area contributed by atoms with Crippen molar-refractivity contribution in [2.24, 2.45) is 7.05 Å². The predicted molar refractivity (Wildman–Crippen MR) is 111 cm³/mol. The topological polar surface area (TPSA) is 70.4 Å². The first-order valence-corrected chi connectivity index (χ1v) is 9.43. The monoisotopic (exact) mass is 379 g/mol. The van der Waals surface area contributed by atoms with E-state index in [2.05, 4.69) is 43.0 Å². The van der Waals surface area contributed by atoms with Gasteiger partial charge in [0.25, 0.3) is 0 Å². The Hall–Kier alpha value is -3.00. The predicted octanol–water partition coefficient (Wildman–Crippen LogP) is 1.11. The van der Waals surface area contributed by atoms with Crippen LogP contribution in [0, 0.1) is 0 Å². The standard InChI is InChI=1S/C20H25N7O/c1-24(2)19-17-12-15(4-5-18(17)22-14-23-19)27-10-8-26(9-11-27)13-16-6-7-21-20(28)25(16)3/h4-7,12,14H,8-11,13H2,1-3H3. The van der Waals surface area contributed by atoms with Gasteiger partial charge in [0.2, 0.25) is 0 Å². The van der Waals surface area contributed by atoms with Crippen molar-refractivity contribution < 1.29 is 0 Å². The summed E-state index contributed by atoms with van der Waals surface area (Å²) in [6.45, 7) is 4.53. The number of anilines is 2. The molecule has 1 fully saturated rings. The maximum atomic E-state index is 11.7. The molecule has 1 aliphatic heterocycles. The van der Waals surface area contributed by atoms with E-state index in [0.717, 1.165) is 55.1 Å². The number of nitrogens with zero attached hydrogens (tertiary/aromatic N) is 7. The molecule has 8 heteroatoms. The summed E-state index contributed by atoms with van der Waals surface area (Å²) in [7, 11) is 5.78. The third-order valence-corrected chi connectivity index (χ3v) is 5.31. The highest BCUT2D eigenvalue weighted by Gasteiger charge is 2.19. The number of aromatic nitrogens is 4. The van der Waals surface area contributed by atoms with E-state index in [1.807, 2.05) is 25.1 Å². The maximum Gasteiger partial charge on any atom is 0.347 e. The van der Waals surface area contributed by atoms with E-state index >= 15 is 0 Å². The summed E-state index contributed by atoms with van der Waals surface area (Å²) in [5.74, 6) is 0.934. The van der Waals surface area contributed by atoms with Crippen LogP contribution < -0.4 is 15.5 Å². The van der Waals surface area contributed by atoms with Gasteiger partial charge in [0.15, 0.2) is 0 Å². The summed E-state index contributed by atoms with van der Waals surface area (Å²) in [4.78, 5) is 31.1. The first-order chi connectivity index (χ1) is 13.5. The highest BCUT2D eigenvalue weighted by molar-refractivity contribution is 5.91. The van der Waals surface area contributed by atoms with Gasteiger partial charge >= 0.3 is 5.69 Å². The molecule has 2 aromatic heterocycles. The number of benzene rings is 1. The van der Waals surface area contributed by atoms with Crippen LogP contribution in [0.5, 0.6) is 0 Å². The Balaban J connectivity index is 1.48. The first-order valence-electron chi connectivity index (χ1n) is 9.43. The lowest BCUT2D eigenvalue weighted by molar-refractivity contribution is 0.243. The summed E-state index contributed by atoms with van der Waals surface area (Å²) in [5, 5.41) is 1.07. The van der Waals surface area contributed by atoms with E-state index in [1.54, 1.807) is 24.1 Å². The zero-order valence-corrected chi connectivity index (χ0v) is 16.5. The van der Waals surface area contributed by atoms with Crippen LogP contribution >= 0.6 is 0 Å². The lowest BCUT2D eigenvalue weighted by Gasteiger charge is -2.36. The molecule has 0 amide bonds. The van der Waals surface area contributed by atoms with Crippen molar-refractivity contribution in [1.82, 2.24) is 24.4 Å². The molecule has 3 heterocycles. The van der Waals surface area contributed by atoms with Crippen molar-refractivity contribution in [3.8, 4) is 0 Å². The largest absolute Gasteiger partial charge is 0.369 e. The second kappa shape index (κ2) is 7.55. The van der Waals surface area contributed by atoms with Gasteiger partial charge in [-0.1, -0.05) is 0 Å². The smallest absolute Gasteiger partial charge is 0.347 e. The van der Waals surface area contributed by atoms with E-state index < -0.39 is 0 Å². The summed E-state index contributed by atoms with van der Waals surface area (Å²) < 4.78 is 1.62. The molecule has 146 valence electrons. The number of piperazine rings is 1. The summed E-state index contributed by atoms with van der Waals surface area (Å²) in [6, 6.07) is 8.31. The quantitative estimate of drug-likeness (QED) is 0.673. The van der Waals surface area contributed by atoms with Gasteiger partial charge in [-0.05, 0) is 24.3 Å². The van der Waals surface area contributed by atoms with Gasteiger partial charge in [0.1, 0.15) is 12.1 Å². The van der Waals surface area contributed by atoms with Crippen molar-refractivity contribution in [1.29, 1.82) is 0 Å². The Morgan fingerprint density at radius 1 is 1.04 bits per heavy atom. The molecule has 0 aliphatic carbocycles. The number of hydrogen-bond donors (Lipinski definition) is 0. The maximum absolute atomic E-state index is 11.7. The minimum absolute atomic E-state index is 0.203. The molecular weight excluding hydrogens is 354 g/mol. The van der Waals surface area contributed by atoms with Crippen LogP contribution in [0.25, 0.3) is 10.9 Å². The molecule has 4 rings (SSSR count). The molecule has 0 saturated carbocycles. The Morgan fingerprint density at radius 2 is 1.82 bits per heavy atom. The van der Waals surface area contributed by atoms with Crippen molar-refractivity contribution in [2.75, 3.05) is 50.1 Å². The molecule has 0 spiro atoms. The third kappa shape index (κ3) is 3.55. The minimum atomic E-state index is -0.203. The fourth-order valence-corrected chi connectivity index (χ4v) is 3.64. The van der Waals surface area contributed by atoms with E-state index in [1.165, 1.54) is 5.69 Å². The van der Waals surface area contributed by atoms with Gasteiger partial charge < -0.3 is 9.80 Å². The van der Waals surface area contributed by atoms with Crippen molar-refractivity contribution >= 4 is 22.4 Å². The fraction of sp³-hybridized carbons (Fsp3) is 0.400. The van der Waals surface area contributed by atoms with Gasteiger partial charge in [-0.3, -0.25) is 9.47 Å². The Bertz CT molecular complexity index is 1040. The second-order valence-corrected chi connectivity index (χ2v) is 7.33. The normalized spacial score (nSPS) is 15.2. The average Bonchev–Trinajstić information content (AvgIpc) is 2.71. The zero-order valence-electron chi connectivity index (χ0n) is 16.5. The van der Waals surface area contributed by atoms with Crippen molar-refractivity contribution in [3.63, 3.8) is 0 Å². The van der Waals surface area contributed by atoms with Crippen LogP contribution in [0.1, 0.15) is 5.69 Å². The van der Waals surface area contributed by atoms with Crippen LogP contribution in [0.4, 0.5) is 11.5 Å². The van der Waals surface area contributed by atoms with E-state index in [4.69, 9.17) is 0 Å². The van der Waals surface area contributed by atoms with Gasteiger partial charge in [-0.2, -0.15) is 0 Å². The summed E-state index contributed by atoms with van der Waals surface area (Å²) >= 11 is 0. The number of hydrogen-bond acceptors (Lipinski definition) is 7. The first kappa shape index (κ1) is 18.4. The second-order valence-electron chi connectivity index (χ2n) is 7.33. The number of fused-ring (bicyclic) bond motifs is 1. The highest BCUT2D eigenvalue weighted by atomic mass is 16.1. The lowest BCUT2D eigenvalue weighted by atomic mass is 10.1. The number of rotatable bonds is 4. The highest BCUT2D eigenvalue weighted by Crippen LogP contribution is 2.27. The average molecular weight is 379 g/mol. The van der Waals surface area contributed by atoms with Crippen LogP contribution in [-0.2, 0) is 13.6 Å². The molecule has 28 heavy (non-hydrogen) atoms. The van der Waals surface area contributed by atoms with Crippen LogP contribution in [0.2, 0.25) is 0 Å². The van der Waals surface area contributed by atoms with Crippen LogP contribution in [-0.4, -0.2) is 64.7 Å². The molecule has 1 aliphatic rings.